The van der Waals surface area contributed by atoms with Gasteiger partial charge in [0.25, 0.3) is 5.91 Å². The predicted molar refractivity (Wildman–Crippen MR) is 113 cm³/mol. The van der Waals surface area contributed by atoms with Gasteiger partial charge >= 0.3 is 5.97 Å². The Morgan fingerprint density at radius 3 is 2.27 bits per heavy atom. The third-order valence-electron chi connectivity index (χ3n) is 5.51. The van der Waals surface area contributed by atoms with Crippen LogP contribution < -0.4 is 0 Å². The van der Waals surface area contributed by atoms with Crippen LogP contribution in [0.3, 0.4) is 0 Å². The summed E-state index contributed by atoms with van der Waals surface area (Å²) in [6.07, 6.45) is 8.23. The lowest BCUT2D eigenvalue weighted by atomic mass is 9.98. The molecule has 30 heavy (non-hydrogen) atoms. The maximum Gasteiger partial charge on any atom is 0.339 e. The van der Waals surface area contributed by atoms with Gasteiger partial charge in [-0.3, -0.25) is 9.59 Å². The van der Waals surface area contributed by atoms with Crippen molar-refractivity contribution in [2.75, 3.05) is 6.61 Å². The molecular formula is C25H25NO4. The molecule has 0 aliphatic heterocycles. The van der Waals surface area contributed by atoms with E-state index >= 15 is 0 Å². The second-order valence-electron chi connectivity index (χ2n) is 7.75. The minimum Gasteiger partial charge on any atom is -0.452 e. The van der Waals surface area contributed by atoms with E-state index in [-0.39, 0.29) is 35.5 Å². The molecule has 0 N–H and O–H groups in total. The van der Waals surface area contributed by atoms with Gasteiger partial charge in [0.05, 0.1) is 5.56 Å². The maximum absolute atomic E-state index is 12.8. The van der Waals surface area contributed by atoms with Crippen LogP contribution in [0, 0.1) is 0 Å². The van der Waals surface area contributed by atoms with E-state index in [1.54, 1.807) is 48.5 Å². The Bertz CT molecular complexity index is 976. The third-order valence-corrected chi connectivity index (χ3v) is 5.51. The molecule has 5 nitrogen and oxygen atoms in total. The molecule has 2 aliphatic rings. The van der Waals surface area contributed by atoms with E-state index in [4.69, 9.17) is 4.74 Å². The van der Waals surface area contributed by atoms with Crippen molar-refractivity contribution in [3.8, 4) is 0 Å². The predicted octanol–water partition coefficient (Wildman–Crippen LogP) is 4.52. The number of carbonyl (C=O) groups excluding carboxylic acids is 3. The average Bonchev–Trinajstić information content (AvgIpc) is 3.63. The highest BCUT2D eigenvalue weighted by Gasteiger charge is 2.35. The van der Waals surface area contributed by atoms with E-state index in [1.165, 1.54) is 0 Å². The van der Waals surface area contributed by atoms with Crippen LogP contribution in [0.25, 0.3) is 0 Å². The summed E-state index contributed by atoms with van der Waals surface area (Å²) >= 11 is 0. The standard InChI is InChI=1S/C25H25NO4/c27-23(26(20-15-16-20)19-11-5-2-6-12-19)17-30-25(29)22-14-8-7-13-21(22)24(28)18-9-3-1-4-10-18/h1,3-4,7-11,13-14,20H,2,5-6,12,15-17H2. The zero-order chi connectivity index (χ0) is 20.9. The van der Waals surface area contributed by atoms with Crippen LogP contribution >= 0.6 is 0 Å². The van der Waals surface area contributed by atoms with E-state index < -0.39 is 5.97 Å². The van der Waals surface area contributed by atoms with Crippen molar-refractivity contribution in [1.29, 1.82) is 0 Å². The fourth-order valence-corrected chi connectivity index (χ4v) is 3.85. The third kappa shape index (κ3) is 4.51. The molecule has 1 saturated carbocycles. The maximum atomic E-state index is 12.8. The van der Waals surface area contributed by atoms with Gasteiger partial charge in [-0.15, -0.1) is 0 Å². The molecule has 2 aromatic rings. The normalized spacial score (nSPS) is 15.8. The fourth-order valence-electron chi connectivity index (χ4n) is 3.85. The molecule has 4 rings (SSSR count). The SMILES string of the molecule is O=C(OCC(=O)N(C1=CCCCC1)C1CC1)c1ccccc1C(=O)c1ccccc1. The molecule has 0 atom stereocenters. The van der Waals surface area contributed by atoms with Gasteiger partial charge in [-0.2, -0.15) is 0 Å². The Morgan fingerprint density at radius 2 is 1.60 bits per heavy atom. The summed E-state index contributed by atoms with van der Waals surface area (Å²) in [5, 5.41) is 0. The smallest absolute Gasteiger partial charge is 0.339 e. The van der Waals surface area contributed by atoms with Gasteiger partial charge in [-0.25, -0.2) is 4.79 Å². The number of ketones is 1. The highest BCUT2D eigenvalue weighted by atomic mass is 16.5. The van der Waals surface area contributed by atoms with Gasteiger partial charge < -0.3 is 9.64 Å². The summed E-state index contributed by atoms with van der Waals surface area (Å²) in [7, 11) is 0. The largest absolute Gasteiger partial charge is 0.452 e. The van der Waals surface area contributed by atoms with Crippen LogP contribution in [0.5, 0.6) is 0 Å². The molecule has 0 bridgehead atoms. The average molecular weight is 403 g/mol. The summed E-state index contributed by atoms with van der Waals surface area (Å²) in [6, 6.07) is 15.6. The minimum atomic E-state index is -0.656. The second-order valence-corrected chi connectivity index (χ2v) is 7.75. The quantitative estimate of drug-likeness (QED) is 0.504. The molecule has 2 aliphatic carbocycles. The lowest BCUT2D eigenvalue weighted by molar-refractivity contribution is -0.133. The number of ether oxygens (including phenoxy) is 1. The van der Waals surface area contributed by atoms with Crippen LogP contribution in [-0.4, -0.2) is 35.2 Å². The van der Waals surface area contributed by atoms with Crippen LogP contribution in [0.1, 0.15) is 64.8 Å². The molecule has 0 radical (unpaired) electrons. The highest BCUT2D eigenvalue weighted by Crippen LogP contribution is 2.33. The van der Waals surface area contributed by atoms with Crippen molar-refractivity contribution in [3.63, 3.8) is 0 Å². The van der Waals surface area contributed by atoms with Crippen LogP contribution in [0.15, 0.2) is 66.4 Å². The van der Waals surface area contributed by atoms with E-state index in [0.29, 0.717) is 5.56 Å². The topological polar surface area (TPSA) is 63.7 Å². The van der Waals surface area contributed by atoms with Crippen molar-refractivity contribution >= 4 is 17.7 Å². The van der Waals surface area contributed by atoms with Crippen molar-refractivity contribution in [2.45, 2.75) is 44.6 Å². The second kappa shape index (κ2) is 9.08. The molecule has 0 aromatic heterocycles. The zero-order valence-corrected chi connectivity index (χ0v) is 16.9. The van der Waals surface area contributed by atoms with Gasteiger partial charge in [0.15, 0.2) is 12.4 Å². The monoisotopic (exact) mass is 403 g/mol. The Hall–Kier alpha value is -3.21. The summed E-state index contributed by atoms with van der Waals surface area (Å²) in [5.74, 6) is -1.09. The van der Waals surface area contributed by atoms with Crippen molar-refractivity contribution in [3.05, 3.63) is 83.1 Å². The van der Waals surface area contributed by atoms with Crippen molar-refractivity contribution < 1.29 is 19.1 Å². The van der Waals surface area contributed by atoms with E-state index in [9.17, 15) is 14.4 Å². The molecule has 0 saturated heterocycles. The highest BCUT2D eigenvalue weighted by molar-refractivity contribution is 6.14. The molecule has 2 aromatic carbocycles. The zero-order valence-electron chi connectivity index (χ0n) is 16.9. The number of hydrogen-bond donors (Lipinski definition) is 0. The summed E-state index contributed by atoms with van der Waals surface area (Å²) in [6.45, 7) is -0.319. The Labute approximate surface area is 176 Å². The molecule has 0 spiro atoms. The van der Waals surface area contributed by atoms with Crippen molar-refractivity contribution in [2.24, 2.45) is 0 Å². The van der Waals surface area contributed by atoms with Crippen LogP contribution in [0.4, 0.5) is 0 Å². The molecule has 5 heteroatoms. The van der Waals surface area contributed by atoms with Gasteiger partial charge in [-0.05, 0) is 44.6 Å². The Morgan fingerprint density at radius 1 is 0.900 bits per heavy atom. The number of esters is 1. The Balaban J connectivity index is 1.46. The number of carbonyl (C=O) groups is 3. The lowest BCUT2D eigenvalue weighted by Gasteiger charge is -2.27. The first-order chi connectivity index (χ1) is 14.6. The number of hydrogen-bond acceptors (Lipinski definition) is 4. The lowest BCUT2D eigenvalue weighted by Crippen LogP contribution is -2.36. The summed E-state index contributed by atoms with van der Waals surface area (Å²) in [5.41, 5.74) is 2.01. The minimum absolute atomic E-state index is 0.175. The van der Waals surface area contributed by atoms with Crippen LogP contribution in [-0.2, 0) is 9.53 Å². The summed E-state index contributed by atoms with van der Waals surface area (Å²) in [4.78, 5) is 40.2. The van der Waals surface area contributed by atoms with Crippen molar-refractivity contribution in [1.82, 2.24) is 4.90 Å². The number of rotatable bonds is 7. The number of benzene rings is 2. The number of amides is 1. The first-order valence-corrected chi connectivity index (χ1v) is 10.5. The molecule has 0 unspecified atom stereocenters. The number of allylic oxidation sites excluding steroid dienone is 2. The molecule has 1 amide bonds. The fraction of sp³-hybridized carbons (Fsp3) is 0.320. The van der Waals surface area contributed by atoms with Gasteiger partial charge in [-0.1, -0.05) is 54.6 Å². The van der Waals surface area contributed by atoms with Gasteiger partial charge in [0, 0.05) is 22.9 Å². The van der Waals surface area contributed by atoms with E-state index in [1.807, 2.05) is 11.0 Å². The van der Waals surface area contributed by atoms with Crippen LogP contribution in [0.2, 0.25) is 0 Å². The molecule has 1 fully saturated rings. The first kappa shape index (κ1) is 20.1. The van der Waals surface area contributed by atoms with E-state index in [2.05, 4.69) is 6.08 Å². The van der Waals surface area contributed by atoms with Gasteiger partial charge in [0.1, 0.15) is 0 Å². The van der Waals surface area contributed by atoms with Gasteiger partial charge in [0.2, 0.25) is 0 Å². The molecule has 154 valence electrons. The first-order valence-electron chi connectivity index (χ1n) is 10.5. The number of nitrogens with zero attached hydrogens (tertiary/aromatic N) is 1. The van der Waals surface area contributed by atoms with E-state index in [0.717, 1.165) is 44.2 Å². The Kier molecular flexibility index (Phi) is 6.07. The molecular weight excluding hydrogens is 378 g/mol. The summed E-state index contributed by atoms with van der Waals surface area (Å²) < 4.78 is 5.36. The molecule has 0 heterocycles.